The first-order valence-corrected chi connectivity index (χ1v) is 13.2. The van der Waals surface area contributed by atoms with Crippen LogP contribution in [0.1, 0.15) is 113 Å². The lowest BCUT2D eigenvalue weighted by molar-refractivity contribution is -0.160. The van der Waals surface area contributed by atoms with E-state index in [0.29, 0.717) is 32.5 Å². The van der Waals surface area contributed by atoms with Crippen LogP contribution in [-0.4, -0.2) is 0 Å². The van der Waals surface area contributed by atoms with Crippen LogP contribution < -0.4 is 0 Å². The maximum absolute atomic E-state index is 2.83. The Labute approximate surface area is 187 Å². The Morgan fingerprint density at radius 2 is 1.50 bits per heavy atom. The molecular formula is C30H48. The minimum Gasteiger partial charge on any atom is -0.0874 e. The van der Waals surface area contributed by atoms with Crippen molar-refractivity contribution in [2.45, 2.75) is 113 Å². The maximum atomic E-state index is 2.83. The van der Waals surface area contributed by atoms with Crippen molar-refractivity contribution in [1.29, 1.82) is 0 Å². The molecule has 0 nitrogen and oxygen atoms in total. The van der Waals surface area contributed by atoms with Crippen molar-refractivity contribution in [3.63, 3.8) is 0 Å². The van der Waals surface area contributed by atoms with Gasteiger partial charge >= 0.3 is 0 Å². The molecule has 0 saturated heterocycles. The Hall–Kier alpha value is -0.520. The molecule has 0 aromatic heterocycles. The van der Waals surface area contributed by atoms with Crippen molar-refractivity contribution in [3.8, 4) is 0 Å². The summed E-state index contributed by atoms with van der Waals surface area (Å²) in [4.78, 5) is 0. The second-order valence-corrected chi connectivity index (χ2v) is 14.8. The predicted molar refractivity (Wildman–Crippen MR) is 129 cm³/mol. The molecule has 0 aromatic carbocycles. The first kappa shape index (κ1) is 21.3. The molecule has 0 heterocycles. The first-order valence-electron chi connectivity index (χ1n) is 13.2. The molecule has 0 N–H and O–H groups in total. The molecule has 5 aliphatic carbocycles. The molecule has 0 aromatic rings. The van der Waals surface area contributed by atoms with Gasteiger partial charge in [0.05, 0.1) is 0 Å². The molecule has 3 fully saturated rings. The van der Waals surface area contributed by atoms with E-state index in [4.69, 9.17) is 0 Å². The van der Waals surface area contributed by atoms with Gasteiger partial charge in [-0.3, -0.25) is 0 Å². The van der Waals surface area contributed by atoms with Gasteiger partial charge in [0.15, 0.2) is 0 Å². The van der Waals surface area contributed by atoms with Crippen LogP contribution in [-0.2, 0) is 0 Å². The summed E-state index contributed by atoms with van der Waals surface area (Å²) in [5.41, 5.74) is 4.68. The lowest BCUT2D eigenvalue weighted by Gasteiger charge is -2.70. The second-order valence-electron chi connectivity index (χ2n) is 14.8. The summed E-state index contributed by atoms with van der Waals surface area (Å²) in [6.07, 6.45) is 20.6. The summed E-state index contributed by atoms with van der Waals surface area (Å²) in [6.45, 7) is 20.9. The summed E-state index contributed by atoms with van der Waals surface area (Å²) in [7, 11) is 0. The second kappa shape index (κ2) is 6.08. The van der Waals surface area contributed by atoms with Gasteiger partial charge in [-0.15, -0.1) is 0 Å². The van der Waals surface area contributed by atoms with Gasteiger partial charge in [0.2, 0.25) is 0 Å². The molecule has 0 aliphatic heterocycles. The highest BCUT2D eigenvalue weighted by atomic mass is 14.7. The number of hydrogen-bond acceptors (Lipinski definition) is 0. The molecule has 0 spiro atoms. The van der Waals surface area contributed by atoms with E-state index in [2.05, 4.69) is 73.6 Å². The zero-order valence-electron chi connectivity index (χ0n) is 21.3. The molecule has 3 saturated carbocycles. The van der Waals surface area contributed by atoms with Crippen molar-refractivity contribution in [1.82, 2.24) is 0 Å². The SMILES string of the molecule is CC1(C)CC[C@]2(C)CC[C@]3(C)C(=CC[C@H]4[C@@]5(C)CC=CC(C)(C)[C@@H]5CC[C@@]43C)[C@H]2C1. The average Bonchev–Trinajstić information content (AvgIpc) is 2.63. The highest BCUT2D eigenvalue weighted by Gasteiger charge is 2.66. The van der Waals surface area contributed by atoms with Gasteiger partial charge in [0.1, 0.15) is 0 Å². The molecule has 7 atom stereocenters. The third-order valence-electron chi connectivity index (χ3n) is 12.3. The average molecular weight is 409 g/mol. The smallest absolute Gasteiger partial charge is 0.00565 e. The number of rotatable bonds is 0. The van der Waals surface area contributed by atoms with E-state index in [1.807, 2.05) is 5.57 Å². The number of fused-ring (bicyclic) bond motifs is 7. The molecule has 5 aliphatic rings. The number of allylic oxidation sites excluding steroid dienone is 4. The summed E-state index contributed by atoms with van der Waals surface area (Å²) in [5, 5.41) is 0. The summed E-state index contributed by atoms with van der Waals surface area (Å²) >= 11 is 0. The van der Waals surface area contributed by atoms with Crippen LogP contribution in [0.4, 0.5) is 0 Å². The largest absolute Gasteiger partial charge is 0.0874 e. The van der Waals surface area contributed by atoms with Gasteiger partial charge in [-0.25, -0.2) is 0 Å². The summed E-state index contributed by atoms with van der Waals surface area (Å²) in [6, 6.07) is 0. The van der Waals surface area contributed by atoms with Crippen molar-refractivity contribution in [2.24, 2.45) is 50.2 Å². The molecule has 168 valence electrons. The summed E-state index contributed by atoms with van der Waals surface area (Å²) < 4.78 is 0. The standard InChI is InChI=1S/C30H48/c1-25(2)16-17-27(5)18-19-29(7)21(22(27)20-25)10-11-24-28(6)14-9-13-26(3,4)23(28)12-15-30(24,29)8/h9-10,13,22-24H,11-12,14-20H2,1-8H3/t22-,23+,24+,27-,28+,29-,30+/m1/s1. The van der Waals surface area contributed by atoms with Gasteiger partial charge in [-0.05, 0) is 108 Å². The highest BCUT2D eigenvalue weighted by molar-refractivity contribution is 5.34. The van der Waals surface area contributed by atoms with Crippen molar-refractivity contribution in [2.75, 3.05) is 0 Å². The van der Waals surface area contributed by atoms with Gasteiger partial charge in [0, 0.05) is 0 Å². The lowest BCUT2D eigenvalue weighted by Crippen LogP contribution is -2.62. The fourth-order valence-electron chi connectivity index (χ4n) is 10.1. The third-order valence-corrected chi connectivity index (χ3v) is 12.3. The Morgan fingerprint density at radius 1 is 0.800 bits per heavy atom. The Balaban J connectivity index is 1.59. The minimum atomic E-state index is 0.359. The van der Waals surface area contributed by atoms with E-state index < -0.39 is 0 Å². The Bertz CT molecular complexity index is 795. The normalized spacial score (nSPS) is 53.6. The molecule has 0 unspecified atom stereocenters. The van der Waals surface area contributed by atoms with Crippen LogP contribution in [0.15, 0.2) is 23.8 Å². The van der Waals surface area contributed by atoms with Gasteiger partial charge < -0.3 is 0 Å². The predicted octanol–water partition coefficient (Wildman–Crippen LogP) is 8.97. The fraction of sp³-hybridized carbons (Fsp3) is 0.867. The van der Waals surface area contributed by atoms with E-state index >= 15 is 0 Å². The van der Waals surface area contributed by atoms with E-state index in [-0.39, 0.29) is 0 Å². The third kappa shape index (κ3) is 2.58. The van der Waals surface area contributed by atoms with Gasteiger partial charge in [-0.2, -0.15) is 0 Å². The maximum Gasteiger partial charge on any atom is -0.00565 e. The zero-order chi connectivity index (χ0) is 21.8. The quantitative estimate of drug-likeness (QED) is 0.351. The lowest BCUT2D eigenvalue weighted by atomic mass is 9.34. The van der Waals surface area contributed by atoms with E-state index in [1.165, 1.54) is 57.8 Å². The molecule has 30 heavy (non-hydrogen) atoms. The van der Waals surface area contributed by atoms with Crippen molar-refractivity contribution in [3.05, 3.63) is 23.8 Å². The van der Waals surface area contributed by atoms with Crippen LogP contribution in [0.25, 0.3) is 0 Å². The molecule has 0 heteroatoms. The van der Waals surface area contributed by atoms with E-state index in [9.17, 15) is 0 Å². The Morgan fingerprint density at radius 3 is 2.23 bits per heavy atom. The molecular weight excluding hydrogens is 360 g/mol. The zero-order valence-corrected chi connectivity index (χ0v) is 21.3. The van der Waals surface area contributed by atoms with Gasteiger partial charge in [-0.1, -0.05) is 79.2 Å². The van der Waals surface area contributed by atoms with E-state index in [1.54, 1.807) is 0 Å². The van der Waals surface area contributed by atoms with Crippen molar-refractivity contribution >= 4 is 0 Å². The van der Waals surface area contributed by atoms with Crippen LogP contribution in [0.2, 0.25) is 0 Å². The van der Waals surface area contributed by atoms with Crippen LogP contribution in [0.3, 0.4) is 0 Å². The van der Waals surface area contributed by atoms with Crippen LogP contribution in [0.5, 0.6) is 0 Å². The Kier molecular flexibility index (Phi) is 4.32. The monoisotopic (exact) mass is 408 g/mol. The molecule has 0 amide bonds. The first-order chi connectivity index (χ1) is 13.8. The summed E-state index contributed by atoms with van der Waals surface area (Å²) in [5.74, 6) is 2.50. The van der Waals surface area contributed by atoms with Crippen LogP contribution in [0, 0.1) is 50.2 Å². The molecule has 0 radical (unpaired) electrons. The highest BCUT2D eigenvalue weighted by Crippen LogP contribution is 2.75. The minimum absolute atomic E-state index is 0.359. The van der Waals surface area contributed by atoms with Crippen molar-refractivity contribution < 1.29 is 0 Å². The van der Waals surface area contributed by atoms with Gasteiger partial charge in [0.25, 0.3) is 0 Å². The topological polar surface area (TPSA) is 0 Å². The van der Waals surface area contributed by atoms with E-state index in [0.717, 1.165) is 17.8 Å². The van der Waals surface area contributed by atoms with Crippen LogP contribution >= 0.6 is 0 Å². The number of hydrogen-bond donors (Lipinski definition) is 0. The fourth-order valence-corrected chi connectivity index (χ4v) is 10.1. The molecule has 5 rings (SSSR count). The molecule has 0 bridgehead atoms.